The number of hydrogen-bond donors (Lipinski definition) is 0. The largest absolute Gasteiger partial charge is 0.323 e. The van der Waals surface area contributed by atoms with Gasteiger partial charge in [0, 0.05) is 16.5 Å². The first-order valence-corrected chi connectivity index (χ1v) is 6.85. The van der Waals surface area contributed by atoms with Crippen molar-refractivity contribution in [2.24, 2.45) is 5.11 Å². The van der Waals surface area contributed by atoms with Crippen molar-refractivity contribution in [2.45, 2.75) is 13.1 Å². The first-order valence-electron chi connectivity index (χ1n) is 6.47. The van der Waals surface area contributed by atoms with Crippen LogP contribution in [0.4, 0.5) is 0 Å². The van der Waals surface area contributed by atoms with Crippen molar-refractivity contribution in [2.75, 3.05) is 0 Å². The molecule has 3 aromatic rings. The SMILES string of the molecule is [N-]=[N+]=NCc1nc2ccccc2n1Cc1cccc(Cl)c1. The van der Waals surface area contributed by atoms with Crippen LogP contribution in [0, 0.1) is 0 Å². The first kappa shape index (κ1) is 13.5. The van der Waals surface area contributed by atoms with Gasteiger partial charge in [-0.15, -0.1) is 0 Å². The van der Waals surface area contributed by atoms with Crippen LogP contribution in [0.2, 0.25) is 5.02 Å². The first-order chi connectivity index (χ1) is 10.3. The van der Waals surface area contributed by atoms with Gasteiger partial charge in [0.1, 0.15) is 5.82 Å². The number of imidazole rings is 1. The maximum absolute atomic E-state index is 8.52. The van der Waals surface area contributed by atoms with E-state index >= 15 is 0 Å². The van der Waals surface area contributed by atoms with Gasteiger partial charge in [-0.25, -0.2) is 4.98 Å². The zero-order valence-corrected chi connectivity index (χ0v) is 11.9. The molecule has 0 radical (unpaired) electrons. The fourth-order valence-corrected chi connectivity index (χ4v) is 2.55. The van der Waals surface area contributed by atoms with E-state index in [1.807, 2.05) is 48.5 Å². The average Bonchev–Trinajstić information content (AvgIpc) is 2.83. The number of hydrogen-bond acceptors (Lipinski definition) is 2. The van der Waals surface area contributed by atoms with Gasteiger partial charge in [-0.2, -0.15) is 0 Å². The van der Waals surface area contributed by atoms with Crippen molar-refractivity contribution < 1.29 is 0 Å². The summed E-state index contributed by atoms with van der Waals surface area (Å²) in [6, 6.07) is 15.6. The van der Waals surface area contributed by atoms with Crippen LogP contribution in [-0.4, -0.2) is 9.55 Å². The predicted molar refractivity (Wildman–Crippen MR) is 83.1 cm³/mol. The van der Waals surface area contributed by atoms with Gasteiger partial charge in [-0.3, -0.25) is 0 Å². The second kappa shape index (κ2) is 5.87. The Morgan fingerprint density at radius 3 is 2.86 bits per heavy atom. The summed E-state index contributed by atoms with van der Waals surface area (Å²) in [5.74, 6) is 0.744. The Labute approximate surface area is 126 Å². The minimum Gasteiger partial charge on any atom is -0.323 e. The number of halogens is 1. The lowest BCUT2D eigenvalue weighted by Gasteiger charge is -2.08. The third kappa shape index (κ3) is 2.84. The Bertz CT molecular complexity index is 833. The molecule has 0 fully saturated rings. The van der Waals surface area contributed by atoms with E-state index in [0.717, 1.165) is 22.4 Å². The molecule has 0 aliphatic rings. The molecule has 0 unspecified atom stereocenters. The highest BCUT2D eigenvalue weighted by atomic mass is 35.5. The van der Waals surface area contributed by atoms with Crippen LogP contribution in [0.5, 0.6) is 0 Å². The van der Waals surface area contributed by atoms with Crippen LogP contribution in [0.3, 0.4) is 0 Å². The van der Waals surface area contributed by atoms with Crippen molar-refractivity contribution in [3.05, 3.63) is 75.4 Å². The minimum atomic E-state index is 0.228. The molecular weight excluding hydrogens is 286 g/mol. The number of nitrogens with zero attached hydrogens (tertiary/aromatic N) is 5. The molecule has 1 heterocycles. The highest BCUT2D eigenvalue weighted by molar-refractivity contribution is 6.30. The molecule has 3 rings (SSSR count). The Kier molecular flexibility index (Phi) is 3.77. The minimum absolute atomic E-state index is 0.228. The number of rotatable bonds is 4. The smallest absolute Gasteiger partial charge is 0.116 e. The standard InChI is InChI=1S/C15H12ClN5/c16-12-5-3-4-11(8-12)10-21-14-7-2-1-6-13(14)19-15(21)9-18-20-17/h1-8H,9-10H2. The molecular formula is C15H12ClN5. The van der Waals surface area contributed by atoms with Gasteiger partial charge in [0.25, 0.3) is 0 Å². The molecule has 0 N–H and O–H groups in total. The van der Waals surface area contributed by atoms with Crippen LogP contribution in [0.1, 0.15) is 11.4 Å². The Morgan fingerprint density at radius 2 is 2.05 bits per heavy atom. The highest BCUT2D eigenvalue weighted by Gasteiger charge is 2.10. The van der Waals surface area contributed by atoms with E-state index in [1.165, 1.54) is 0 Å². The molecule has 6 heteroatoms. The Hall–Kier alpha value is -2.49. The zero-order valence-electron chi connectivity index (χ0n) is 11.1. The molecule has 5 nitrogen and oxygen atoms in total. The summed E-state index contributed by atoms with van der Waals surface area (Å²) in [6.45, 7) is 0.864. The number of para-hydroxylation sites is 2. The van der Waals surface area contributed by atoms with Crippen molar-refractivity contribution in [3.63, 3.8) is 0 Å². The zero-order chi connectivity index (χ0) is 14.7. The summed E-state index contributed by atoms with van der Waals surface area (Å²) in [6.07, 6.45) is 0. The highest BCUT2D eigenvalue weighted by Crippen LogP contribution is 2.20. The van der Waals surface area contributed by atoms with Crippen molar-refractivity contribution in [3.8, 4) is 0 Å². The second-order valence-electron chi connectivity index (χ2n) is 4.62. The molecule has 1 aromatic heterocycles. The van der Waals surface area contributed by atoms with Gasteiger partial charge in [0.2, 0.25) is 0 Å². The average molecular weight is 298 g/mol. The van der Waals surface area contributed by atoms with Gasteiger partial charge < -0.3 is 4.57 Å². The lowest BCUT2D eigenvalue weighted by Crippen LogP contribution is -2.04. The lowest BCUT2D eigenvalue weighted by atomic mass is 10.2. The lowest BCUT2D eigenvalue weighted by molar-refractivity contribution is 0.742. The van der Waals surface area contributed by atoms with E-state index in [0.29, 0.717) is 11.6 Å². The molecule has 104 valence electrons. The molecule has 0 aliphatic carbocycles. The Morgan fingerprint density at radius 1 is 1.19 bits per heavy atom. The van der Waals surface area contributed by atoms with Crippen LogP contribution in [0.25, 0.3) is 21.5 Å². The fourth-order valence-electron chi connectivity index (χ4n) is 2.34. The van der Waals surface area contributed by atoms with Crippen molar-refractivity contribution >= 4 is 22.6 Å². The third-order valence-corrected chi connectivity index (χ3v) is 3.47. The fraction of sp³-hybridized carbons (Fsp3) is 0.133. The summed E-state index contributed by atoms with van der Waals surface area (Å²) in [4.78, 5) is 7.35. The molecule has 2 aromatic carbocycles. The monoisotopic (exact) mass is 297 g/mol. The summed E-state index contributed by atoms with van der Waals surface area (Å²) < 4.78 is 2.05. The van der Waals surface area contributed by atoms with Crippen LogP contribution < -0.4 is 0 Å². The van der Waals surface area contributed by atoms with Crippen LogP contribution >= 0.6 is 11.6 Å². The van der Waals surface area contributed by atoms with Crippen molar-refractivity contribution in [1.82, 2.24) is 9.55 Å². The van der Waals surface area contributed by atoms with Crippen LogP contribution in [-0.2, 0) is 13.1 Å². The third-order valence-electron chi connectivity index (χ3n) is 3.24. The molecule has 0 amide bonds. The van der Waals surface area contributed by atoms with Gasteiger partial charge in [-0.1, -0.05) is 41.0 Å². The van der Waals surface area contributed by atoms with E-state index in [9.17, 15) is 0 Å². The van der Waals surface area contributed by atoms with Crippen molar-refractivity contribution in [1.29, 1.82) is 0 Å². The number of fused-ring (bicyclic) bond motifs is 1. The molecule has 0 saturated heterocycles. The summed E-state index contributed by atoms with van der Waals surface area (Å²) in [7, 11) is 0. The van der Waals surface area contributed by atoms with E-state index in [1.54, 1.807) is 0 Å². The van der Waals surface area contributed by atoms with E-state index in [-0.39, 0.29) is 6.54 Å². The maximum atomic E-state index is 8.52. The Balaban J connectivity index is 2.08. The molecule has 0 atom stereocenters. The van der Waals surface area contributed by atoms with Crippen LogP contribution in [0.15, 0.2) is 53.6 Å². The quantitative estimate of drug-likeness (QED) is 0.396. The van der Waals surface area contributed by atoms with E-state index in [4.69, 9.17) is 17.1 Å². The van der Waals surface area contributed by atoms with Gasteiger partial charge in [-0.05, 0) is 35.4 Å². The topological polar surface area (TPSA) is 66.6 Å². The van der Waals surface area contributed by atoms with E-state index in [2.05, 4.69) is 19.6 Å². The van der Waals surface area contributed by atoms with E-state index < -0.39 is 0 Å². The maximum Gasteiger partial charge on any atom is 0.116 e. The second-order valence-corrected chi connectivity index (χ2v) is 5.06. The predicted octanol–water partition coefficient (Wildman–Crippen LogP) is 4.55. The van der Waals surface area contributed by atoms with Gasteiger partial charge in [0.15, 0.2) is 0 Å². The summed E-state index contributed by atoms with van der Waals surface area (Å²) >= 11 is 6.04. The molecule has 0 spiro atoms. The number of azide groups is 1. The number of benzene rings is 2. The normalized spacial score (nSPS) is 10.5. The molecule has 0 aliphatic heterocycles. The molecule has 21 heavy (non-hydrogen) atoms. The molecule has 0 bridgehead atoms. The molecule has 0 saturated carbocycles. The van der Waals surface area contributed by atoms with Gasteiger partial charge in [0.05, 0.1) is 17.6 Å². The number of aromatic nitrogens is 2. The summed E-state index contributed by atoms with van der Waals surface area (Å²) in [5.41, 5.74) is 11.5. The summed E-state index contributed by atoms with van der Waals surface area (Å²) in [5, 5.41) is 4.33. The van der Waals surface area contributed by atoms with Gasteiger partial charge >= 0.3 is 0 Å².